The van der Waals surface area contributed by atoms with Crippen molar-refractivity contribution in [2.75, 3.05) is 32.5 Å². The maximum Gasteiger partial charge on any atom is 0.124 e. The summed E-state index contributed by atoms with van der Waals surface area (Å²) in [5.74, 6) is 1.35. The molecule has 1 aromatic carbocycles. The second kappa shape index (κ2) is 5.93. The highest BCUT2D eigenvalue weighted by atomic mass is 16.5. The molecule has 0 unspecified atom stereocenters. The number of hydrogen-bond donors (Lipinski definition) is 3. The maximum absolute atomic E-state index is 7.38. The number of ether oxygens (including phenoxy) is 1. The molecule has 0 saturated carbocycles. The number of nitrogens with zero attached hydrogens (tertiary/aromatic N) is 1. The largest absolute Gasteiger partial charge is 0.493 e. The zero-order chi connectivity index (χ0) is 13.8. The first-order valence-electron chi connectivity index (χ1n) is 6.61. The monoisotopic (exact) mass is 262 g/mol. The Balaban J connectivity index is 1.89. The molecule has 1 aliphatic heterocycles. The van der Waals surface area contributed by atoms with Crippen molar-refractivity contribution in [1.29, 1.82) is 5.41 Å². The van der Waals surface area contributed by atoms with Gasteiger partial charge in [0.15, 0.2) is 0 Å². The Kier molecular flexibility index (Phi) is 4.27. The number of nitrogens with two attached hydrogens (primary N) is 2. The second-order valence-electron chi connectivity index (χ2n) is 5.22. The van der Waals surface area contributed by atoms with E-state index in [4.69, 9.17) is 21.6 Å². The van der Waals surface area contributed by atoms with Crippen LogP contribution in [0.5, 0.6) is 5.75 Å². The van der Waals surface area contributed by atoms with Crippen molar-refractivity contribution in [3.05, 3.63) is 23.8 Å². The summed E-state index contributed by atoms with van der Waals surface area (Å²) >= 11 is 0. The highest BCUT2D eigenvalue weighted by Crippen LogP contribution is 2.22. The fourth-order valence-electron chi connectivity index (χ4n) is 2.32. The molecule has 19 heavy (non-hydrogen) atoms. The molecule has 5 N–H and O–H groups in total. The first kappa shape index (κ1) is 13.7. The molecule has 0 aromatic heterocycles. The van der Waals surface area contributed by atoms with Crippen LogP contribution in [-0.4, -0.2) is 37.5 Å². The van der Waals surface area contributed by atoms with Crippen LogP contribution in [0.1, 0.15) is 18.4 Å². The zero-order valence-electron chi connectivity index (χ0n) is 11.4. The number of nitrogens with one attached hydrogen (secondary N) is 1. The summed E-state index contributed by atoms with van der Waals surface area (Å²) in [6, 6.07) is 5.30. The minimum atomic E-state index is -0.0145. The average Bonchev–Trinajstić information content (AvgIpc) is 2.37. The lowest BCUT2D eigenvalue weighted by Crippen LogP contribution is -2.32. The van der Waals surface area contributed by atoms with Gasteiger partial charge in [-0.15, -0.1) is 0 Å². The summed E-state index contributed by atoms with van der Waals surface area (Å²) in [5, 5.41) is 7.38. The topological polar surface area (TPSA) is 88.4 Å². The Bertz CT molecular complexity index is 453. The standard InChI is InChI=1S/C14H22N4O/c1-18-6-4-10(5-7-18)9-19-11-2-3-12(14(16)17)13(15)8-11/h2-3,8,10H,4-7,9,15H2,1H3,(H3,16,17). The maximum atomic E-state index is 7.38. The van der Waals surface area contributed by atoms with Crippen molar-refractivity contribution in [3.8, 4) is 5.75 Å². The molecule has 0 amide bonds. The lowest BCUT2D eigenvalue weighted by atomic mass is 9.98. The van der Waals surface area contributed by atoms with Crippen LogP contribution in [0.4, 0.5) is 5.69 Å². The van der Waals surface area contributed by atoms with E-state index < -0.39 is 0 Å². The van der Waals surface area contributed by atoms with Gasteiger partial charge in [-0.25, -0.2) is 0 Å². The summed E-state index contributed by atoms with van der Waals surface area (Å²) in [5.41, 5.74) is 12.3. The van der Waals surface area contributed by atoms with E-state index in [1.807, 2.05) is 6.07 Å². The molecule has 0 spiro atoms. The molecule has 1 aliphatic rings. The van der Waals surface area contributed by atoms with Gasteiger partial charge in [-0.1, -0.05) is 0 Å². The van der Waals surface area contributed by atoms with Crippen molar-refractivity contribution < 1.29 is 4.74 Å². The first-order valence-corrected chi connectivity index (χ1v) is 6.61. The molecule has 0 atom stereocenters. The van der Waals surface area contributed by atoms with Crippen LogP contribution in [-0.2, 0) is 0 Å². The van der Waals surface area contributed by atoms with Crippen molar-refractivity contribution >= 4 is 11.5 Å². The fourth-order valence-corrected chi connectivity index (χ4v) is 2.32. The second-order valence-corrected chi connectivity index (χ2v) is 5.22. The van der Waals surface area contributed by atoms with Gasteiger partial charge in [0.1, 0.15) is 11.6 Å². The number of anilines is 1. The Morgan fingerprint density at radius 1 is 1.42 bits per heavy atom. The summed E-state index contributed by atoms with van der Waals surface area (Å²) in [7, 11) is 2.15. The van der Waals surface area contributed by atoms with E-state index in [-0.39, 0.29) is 5.84 Å². The number of piperidine rings is 1. The molecule has 1 aromatic rings. The van der Waals surface area contributed by atoms with Crippen LogP contribution >= 0.6 is 0 Å². The molecule has 1 heterocycles. The van der Waals surface area contributed by atoms with E-state index in [0.29, 0.717) is 17.2 Å². The number of amidine groups is 1. The van der Waals surface area contributed by atoms with E-state index in [0.717, 1.165) is 25.4 Å². The minimum Gasteiger partial charge on any atom is -0.493 e. The zero-order valence-corrected chi connectivity index (χ0v) is 11.4. The van der Waals surface area contributed by atoms with Gasteiger partial charge in [-0.2, -0.15) is 0 Å². The smallest absolute Gasteiger partial charge is 0.124 e. The van der Waals surface area contributed by atoms with Crippen LogP contribution in [0.2, 0.25) is 0 Å². The third-order valence-corrected chi connectivity index (χ3v) is 3.64. The average molecular weight is 262 g/mol. The lowest BCUT2D eigenvalue weighted by molar-refractivity contribution is 0.160. The van der Waals surface area contributed by atoms with Crippen molar-refractivity contribution in [2.24, 2.45) is 11.7 Å². The number of likely N-dealkylation sites (tertiary alicyclic amines) is 1. The van der Waals surface area contributed by atoms with Crippen LogP contribution < -0.4 is 16.2 Å². The summed E-state index contributed by atoms with van der Waals surface area (Å²) in [6.45, 7) is 3.01. The van der Waals surface area contributed by atoms with Crippen LogP contribution in [0.25, 0.3) is 0 Å². The summed E-state index contributed by atoms with van der Waals surface area (Å²) in [4.78, 5) is 2.34. The van der Waals surface area contributed by atoms with Gasteiger partial charge < -0.3 is 21.1 Å². The Morgan fingerprint density at radius 2 is 2.11 bits per heavy atom. The summed E-state index contributed by atoms with van der Waals surface area (Å²) < 4.78 is 5.79. The Hall–Kier alpha value is -1.75. The molecule has 1 fully saturated rings. The molecular weight excluding hydrogens is 240 g/mol. The third kappa shape index (κ3) is 3.61. The molecule has 104 valence electrons. The van der Waals surface area contributed by atoms with Crippen molar-refractivity contribution in [2.45, 2.75) is 12.8 Å². The molecule has 5 nitrogen and oxygen atoms in total. The normalized spacial score (nSPS) is 17.3. The number of nitrogen functional groups attached to an aromatic ring is 2. The van der Waals surface area contributed by atoms with Crippen molar-refractivity contribution in [3.63, 3.8) is 0 Å². The quantitative estimate of drug-likeness (QED) is 0.433. The van der Waals surface area contributed by atoms with E-state index >= 15 is 0 Å². The fraction of sp³-hybridized carbons (Fsp3) is 0.500. The first-order chi connectivity index (χ1) is 9.06. The lowest BCUT2D eigenvalue weighted by Gasteiger charge is -2.28. The number of hydrogen-bond acceptors (Lipinski definition) is 4. The van der Waals surface area contributed by atoms with Gasteiger partial charge >= 0.3 is 0 Å². The van der Waals surface area contributed by atoms with Crippen LogP contribution in [0.3, 0.4) is 0 Å². The van der Waals surface area contributed by atoms with Crippen LogP contribution in [0.15, 0.2) is 18.2 Å². The molecule has 2 rings (SSSR count). The van der Waals surface area contributed by atoms with Gasteiger partial charge in [0.25, 0.3) is 0 Å². The van der Waals surface area contributed by atoms with E-state index in [2.05, 4.69) is 11.9 Å². The minimum absolute atomic E-state index is 0.0145. The molecule has 1 saturated heterocycles. The van der Waals surface area contributed by atoms with Gasteiger partial charge in [-0.3, -0.25) is 5.41 Å². The van der Waals surface area contributed by atoms with Gasteiger partial charge in [0.05, 0.1) is 6.61 Å². The molecule has 0 bridgehead atoms. The SMILES string of the molecule is CN1CCC(COc2ccc(C(=N)N)c(N)c2)CC1. The number of benzene rings is 1. The molecular formula is C14H22N4O. The summed E-state index contributed by atoms with van der Waals surface area (Å²) in [6.07, 6.45) is 2.36. The van der Waals surface area contributed by atoms with Gasteiger partial charge in [-0.05, 0) is 51.0 Å². The predicted octanol–water partition coefficient (Wildman–Crippen LogP) is 1.27. The van der Waals surface area contributed by atoms with Crippen LogP contribution in [0, 0.1) is 11.3 Å². The van der Waals surface area contributed by atoms with E-state index in [1.54, 1.807) is 12.1 Å². The number of rotatable bonds is 4. The Labute approximate surface area is 114 Å². The third-order valence-electron chi connectivity index (χ3n) is 3.64. The van der Waals surface area contributed by atoms with E-state index in [9.17, 15) is 0 Å². The van der Waals surface area contributed by atoms with Crippen molar-refractivity contribution in [1.82, 2.24) is 4.90 Å². The molecule has 5 heteroatoms. The molecule has 0 aliphatic carbocycles. The highest BCUT2D eigenvalue weighted by molar-refractivity contribution is 5.99. The molecule has 0 radical (unpaired) electrons. The van der Waals surface area contributed by atoms with Gasteiger partial charge in [0, 0.05) is 17.3 Å². The highest BCUT2D eigenvalue weighted by Gasteiger charge is 2.17. The van der Waals surface area contributed by atoms with Gasteiger partial charge in [0.2, 0.25) is 0 Å². The Morgan fingerprint density at radius 3 is 2.68 bits per heavy atom. The van der Waals surface area contributed by atoms with E-state index in [1.165, 1.54) is 12.8 Å². The predicted molar refractivity (Wildman–Crippen MR) is 77.6 cm³/mol.